The molecule has 0 saturated heterocycles. The van der Waals surface area contributed by atoms with Gasteiger partial charge in [-0.15, -0.1) is 0 Å². The highest BCUT2D eigenvalue weighted by Gasteiger charge is 2.46. The van der Waals surface area contributed by atoms with Crippen LogP contribution in [0.2, 0.25) is 0 Å². The molecule has 1 aliphatic rings. The van der Waals surface area contributed by atoms with Gasteiger partial charge in [-0.05, 0) is 39.3 Å². The van der Waals surface area contributed by atoms with Crippen LogP contribution >= 0.6 is 0 Å². The van der Waals surface area contributed by atoms with Gasteiger partial charge in [0, 0.05) is 19.2 Å². The molecule has 2 atom stereocenters. The molecule has 0 aromatic carbocycles. The van der Waals surface area contributed by atoms with Crippen LogP contribution in [-0.2, 0) is 14.3 Å². The lowest BCUT2D eigenvalue weighted by atomic mass is 9.97. The standard InChI is InChI=1S/C15H30N2O3/c1-5-16-15(14(18)19-4)9-8-13(12-15)17(6-2)10-11-20-7-3/h13,16H,5-12H2,1-4H3. The smallest absolute Gasteiger partial charge is 0.326 e. The number of nitrogens with zero attached hydrogens (tertiary/aromatic N) is 1. The first-order valence-corrected chi connectivity index (χ1v) is 7.78. The predicted octanol–water partition coefficient (Wildman–Crippen LogP) is 1.42. The second kappa shape index (κ2) is 8.60. The number of carbonyl (C=O) groups excluding carboxylic acids is 1. The van der Waals surface area contributed by atoms with Crippen LogP contribution in [0.25, 0.3) is 0 Å². The second-order valence-electron chi connectivity index (χ2n) is 5.33. The van der Waals surface area contributed by atoms with Crippen molar-refractivity contribution in [3.05, 3.63) is 0 Å². The van der Waals surface area contributed by atoms with E-state index in [9.17, 15) is 4.79 Å². The van der Waals surface area contributed by atoms with E-state index in [4.69, 9.17) is 9.47 Å². The maximum atomic E-state index is 12.1. The van der Waals surface area contributed by atoms with Crippen LogP contribution in [0.15, 0.2) is 0 Å². The SMILES string of the molecule is CCNC1(C(=O)OC)CCC(N(CC)CCOCC)C1. The van der Waals surface area contributed by atoms with E-state index >= 15 is 0 Å². The number of nitrogens with one attached hydrogen (secondary N) is 1. The highest BCUT2D eigenvalue weighted by atomic mass is 16.5. The number of carbonyl (C=O) groups is 1. The molecule has 1 N–H and O–H groups in total. The third-order valence-electron chi connectivity index (χ3n) is 4.23. The van der Waals surface area contributed by atoms with Crippen molar-refractivity contribution in [2.24, 2.45) is 0 Å². The lowest BCUT2D eigenvalue weighted by Crippen LogP contribution is -2.52. The zero-order valence-corrected chi connectivity index (χ0v) is 13.4. The summed E-state index contributed by atoms with van der Waals surface area (Å²) in [6.45, 7) is 10.4. The minimum absolute atomic E-state index is 0.122. The molecular formula is C15H30N2O3. The van der Waals surface area contributed by atoms with Gasteiger partial charge in [-0.3, -0.25) is 9.69 Å². The Hall–Kier alpha value is -0.650. The molecule has 20 heavy (non-hydrogen) atoms. The fourth-order valence-corrected chi connectivity index (χ4v) is 3.21. The number of hydrogen-bond acceptors (Lipinski definition) is 5. The zero-order valence-electron chi connectivity index (χ0n) is 13.4. The monoisotopic (exact) mass is 286 g/mol. The molecule has 0 aromatic heterocycles. The first-order chi connectivity index (χ1) is 9.63. The summed E-state index contributed by atoms with van der Waals surface area (Å²) >= 11 is 0. The molecule has 0 radical (unpaired) electrons. The molecule has 1 aliphatic carbocycles. The van der Waals surface area contributed by atoms with Crippen molar-refractivity contribution in [3.8, 4) is 0 Å². The van der Waals surface area contributed by atoms with Crippen LogP contribution in [0.5, 0.6) is 0 Å². The number of likely N-dealkylation sites (N-methyl/N-ethyl adjacent to an activating group) is 2. The summed E-state index contributed by atoms with van der Waals surface area (Å²) in [5.74, 6) is -0.122. The van der Waals surface area contributed by atoms with Crippen molar-refractivity contribution < 1.29 is 14.3 Å². The Morgan fingerprint density at radius 2 is 2.15 bits per heavy atom. The fraction of sp³-hybridized carbons (Fsp3) is 0.933. The minimum atomic E-state index is -0.493. The number of rotatable bonds is 9. The van der Waals surface area contributed by atoms with Gasteiger partial charge in [0.25, 0.3) is 0 Å². The van der Waals surface area contributed by atoms with Crippen LogP contribution in [0.1, 0.15) is 40.0 Å². The molecule has 1 saturated carbocycles. The summed E-state index contributed by atoms with van der Waals surface area (Å²) < 4.78 is 10.5. The number of hydrogen-bond donors (Lipinski definition) is 1. The molecule has 5 nitrogen and oxygen atoms in total. The van der Waals surface area contributed by atoms with Crippen LogP contribution < -0.4 is 5.32 Å². The summed E-state index contributed by atoms with van der Waals surface area (Å²) in [5, 5.41) is 3.35. The van der Waals surface area contributed by atoms with Crippen molar-refractivity contribution in [3.63, 3.8) is 0 Å². The van der Waals surface area contributed by atoms with Gasteiger partial charge in [-0.2, -0.15) is 0 Å². The lowest BCUT2D eigenvalue weighted by Gasteiger charge is -2.31. The summed E-state index contributed by atoms with van der Waals surface area (Å²) in [5.41, 5.74) is -0.493. The van der Waals surface area contributed by atoms with Crippen molar-refractivity contribution in [2.75, 3.05) is 40.0 Å². The lowest BCUT2D eigenvalue weighted by molar-refractivity contribution is -0.148. The maximum Gasteiger partial charge on any atom is 0.326 e. The van der Waals surface area contributed by atoms with Gasteiger partial charge in [0.1, 0.15) is 5.54 Å². The van der Waals surface area contributed by atoms with E-state index in [1.54, 1.807) is 0 Å². The predicted molar refractivity (Wildman–Crippen MR) is 79.8 cm³/mol. The molecular weight excluding hydrogens is 256 g/mol. The summed E-state index contributed by atoms with van der Waals surface area (Å²) in [4.78, 5) is 14.5. The van der Waals surface area contributed by atoms with E-state index in [1.165, 1.54) is 7.11 Å². The molecule has 0 amide bonds. The normalized spacial score (nSPS) is 26.1. The molecule has 0 aromatic rings. The van der Waals surface area contributed by atoms with E-state index in [-0.39, 0.29) is 5.97 Å². The Kier molecular flexibility index (Phi) is 7.48. The van der Waals surface area contributed by atoms with E-state index in [0.29, 0.717) is 6.04 Å². The minimum Gasteiger partial charge on any atom is -0.468 e. The number of esters is 1. The average molecular weight is 286 g/mol. The van der Waals surface area contributed by atoms with Crippen LogP contribution in [0.4, 0.5) is 0 Å². The van der Waals surface area contributed by atoms with Gasteiger partial charge in [0.15, 0.2) is 0 Å². The van der Waals surface area contributed by atoms with Crippen LogP contribution in [0.3, 0.4) is 0 Å². The molecule has 2 unspecified atom stereocenters. The molecule has 0 spiro atoms. The van der Waals surface area contributed by atoms with Gasteiger partial charge in [-0.25, -0.2) is 0 Å². The average Bonchev–Trinajstić information content (AvgIpc) is 2.88. The third kappa shape index (κ3) is 4.17. The second-order valence-corrected chi connectivity index (χ2v) is 5.33. The van der Waals surface area contributed by atoms with E-state index < -0.39 is 5.54 Å². The van der Waals surface area contributed by atoms with Gasteiger partial charge in [0.05, 0.1) is 13.7 Å². The van der Waals surface area contributed by atoms with Crippen molar-refractivity contribution >= 4 is 5.97 Å². The Labute approximate surface area is 123 Å². The largest absolute Gasteiger partial charge is 0.468 e. The molecule has 0 bridgehead atoms. The highest BCUT2D eigenvalue weighted by molar-refractivity contribution is 5.81. The Morgan fingerprint density at radius 1 is 1.40 bits per heavy atom. The van der Waals surface area contributed by atoms with Gasteiger partial charge >= 0.3 is 5.97 Å². The van der Waals surface area contributed by atoms with Gasteiger partial charge in [0.2, 0.25) is 0 Å². The summed E-state index contributed by atoms with van der Waals surface area (Å²) in [6, 6.07) is 0.429. The van der Waals surface area contributed by atoms with Crippen LogP contribution in [-0.4, -0.2) is 62.4 Å². The van der Waals surface area contributed by atoms with Crippen molar-refractivity contribution in [2.45, 2.75) is 51.6 Å². The third-order valence-corrected chi connectivity index (χ3v) is 4.23. The first kappa shape index (κ1) is 17.4. The molecule has 118 valence electrons. The van der Waals surface area contributed by atoms with E-state index in [1.807, 2.05) is 13.8 Å². The summed E-state index contributed by atoms with van der Waals surface area (Å²) in [7, 11) is 1.47. The van der Waals surface area contributed by atoms with Gasteiger partial charge in [-0.1, -0.05) is 13.8 Å². The molecule has 0 heterocycles. The van der Waals surface area contributed by atoms with Crippen molar-refractivity contribution in [1.82, 2.24) is 10.2 Å². The Morgan fingerprint density at radius 3 is 2.70 bits per heavy atom. The molecule has 1 fully saturated rings. The number of methoxy groups -OCH3 is 1. The number of ether oxygens (including phenoxy) is 2. The molecule has 1 rings (SSSR count). The first-order valence-electron chi connectivity index (χ1n) is 7.78. The van der Waals surface area contributed by atoms with Crippen LogP contribution in [0, 0.1) is 0 Å². The Bertz CT molecular complexity index is 299. The summed E-state index contributed by atoms with van der Waals surface area (Å²) in [6.07, 6.45) is 2.71. The molecule has 5 heteroatoms. The fourth-order valence-electron chi connectivity index (χ4n) is 3.21. The highest BCUT2D eigenvalue weighted by Crippen LogP contribution is 2.34. The Balaban J connectivity index is 2.63. The molecule has 0 aliphatic heterocycles. The van der Waals surface area contributed by atoms with E-state index in [0.717, 1.165) is 52.1 Å². The topological polar surface area (TPSA) is 50.8 Å². The van der Waals surface area contributed by atoms with E-state index in [2.05, 4.69) is 17.1 Å². The maximum absolute atomic E-state index is 12.1. The van der Waals surface area contributed by atoms with Gasteiger partial charge < -0.3 is 14.8 Å². The van der Waals surface area contributed by atoms with Crippen molar-refractivity contribution in [1.29, 1.82) is 0 Å². The quantitative estimate of drug-likeness (QED) is 0.513. The zero-order chi connectivity index (χ0) is 15.0.